The molecule has 0 bridgehead atoms. The first kappa shape index (κ1) is 16.9. The average molecular weight is 320 g/mol. The number of nitrogens with one attached hydrogen (secondary N) is 2. The maximum atomic E-state index is 12.3. The van der Waals surface area contributed by atoms with Crippen LogP contribution < -0.4 is 10.6 Å². The topological polar surface area (TPSA) is 121 Å². The van der Waals surface area contributed by atoms with Gasteiger partial charge in [0.2, 0.25) is 5.91 Å². The van der Waals surface area contributed by atoms with Crippen LogP contribution in [0.15, 0.2) is 18.6 Å². The number of nitrogens with zero attached hydrogens (tertiary/aromatic N) is 2. The van der Waals surface area contributed by atoms with Gasteiger partial charge in [0.25, 0.3) is 5.91 Å². The molecular weight excluding hydrogens is 300 g/mol. The molecule has 2 rings (SSSR count). The zero-order chi connectivity index (χ0) is 16.7. The number of carbonyl (C=O) groups is 3. The summed E-state index contributed by atoms with van der Waals surface area (Å²) in [7, 11) is 0. The van der Waals surface area contributed by atoms with Crippen LogP contribution in [-0.4, -0.2) is 45.4 Å². The number of carbonyl (C=O) groups excluding carboxylic acids is 2. The minimum Gasteiger partial charge on any atom is -0.480 e. The smallest absolute Gasteiger partial charge is 0.322 e. The maximum absolute atomic E-state index is 12.3. The monoisotopic (exact) mass is 320 g/mol. The van der Waals surface area contributed by atoms with Crippen LogP contribution in [0.5, 0.6) is 0 Å². The SMILES string of the molecule is O=C(O)CNC(=O)[C@@H](NC(=O)c1cnccn1)C1CCCCC1. The molecule has 8 heteroatoms. The first-order chi connectivity index (χ1) is 11.1. The second-order valence-corrected chi connectivity index (χ2v) is 5.55. The number of hydrogen-bond acceptors (Lipinski definition) is 5. The van der Waals surface area contributed by atoms with E-state index in [2.05, 4.69) is 20.6 Å². The van der Waals surface area contributed by atoms with E-state index in [0.29, 0.717) is 0 Å². The first-order valence-electron chi connectivity index (χ1n) is 7.64. The highest BCUT2D eigenvalue weighted by molar-refractivity contribution is 5.96. The van der Waals surface area contributed by atoms with Crippen molar-refractivity contribution in [2.75, 3.05) is 6.54 Å². The summed E-state index contributed by atoms with van der Waals surface area (Å²) < 4.78 is 0. The molecule has 0 aromatic carbocycles. The summed E-state index contributed by atoms with van der Waals surface area (Å²) in [4.78, 5) is 42.9. The summed E-state index contributed by atoms with van der Waals surface area (Å²) in [6.45, 7) is -0.469. The highest BCUT2D eigenvalue weighted by atomic mass is 16.4. The Morgan fingerprint density at radius 1 is 1.22 bits per heavy atom. The van der Waals surface area contributed by atoms with Crippen molar-refractivity contribution in [3.05, 3.63) is 24.3 Å². The summed E-state index contributed by atoms with van der Waals surface area (Å²) >= 11 is 0. The van der Waals surface area contributed by atoms with E-state index in [9.17, 15) is 14.4 Å². The second-order valence-electron chi connectivity index (χ2n) is 5.55. The van der Waals surface area contributed by atoms with E-state index in [1.54, 1.807) is 0 Å². The number of carboxylic acids is 1. The van der Waals surface area contributed by atoms with Crippen molar-refractivity contribution in [3.8, 4) is 0 Å². The fourth-order valence-electron chi connectivity index (χ4n) is 2.77. The molecule has 1 heterocycles. The largest absolute Gasteiger partial charge is 0.480 e. The van der Waals surface area contributed by atoms with Crippen molar-refractivity contribution in [3.63, 3.8) is 0 Å². The standard InChI is InChI=1S/C15H20N4O4/c20-12(21)9-18-15(23)13(10-4-2-1-3-5-10)19-14(22)11-8-16-6-7-17-11/h6-8,10,13H,1-5,9H2,(H,18,23)(H,19,22)(H,20,21)/t13-/m0/s1. The molecule has 1 saturated carbocycles. The lowest BCUT2D eigenvalue weighted by Gasteiger charge is -2.29. The van der Waals surface area contributed by atoms with E-state index in [-0.39, 0.29) is 11.6 Å². The molecule has 1 fully saturated rings. The van der Waals surface area contributed by atoms with Crippen LogP contribution in [0.25, 0.3) is 0 Å². The number of hydrogen-bond donors (Lipinski definition) is 3. The number of amides is 2. The van der Waals surface area contributed by atoms with Gasteiger partial charge in [0, 0.05) is 12.4 Å². The van der Waals surface area contributed by atoms with Crippen molar-refractivity contribution in [1.82, 2.24) is 20.6 Å². The quantitative estimate of drug-likeness (QED) is 0.695. The lowest BCUT2D eigenvalue weighted by molar-refractivity contribution is -0.138. The van der Waals surface area contributed by atoms with E-state index in [0.717, 1.165) is 32.1 Å². The minimum absolute atomic E-state index is 0.00170. The molecule has 1 atom stereocenters. The Morgan fingerprint density at radius 3 is 2.57 bits per heavy atom. The molecular formula is C15H20N4O4. The third-order valence-electron chi connectivity index (χ3n) is 3.90. The molecule has 23 heavy (non-hydrogen) atoms. The third-order valence-corrected chi connectivity index (χ3v) is 3.90. The van der Waals surface area contributed by atoms with Gasteiger partial charge in [-0.25, -0.2) is 4.98 Å². The van der Waals surface area contributed by atoms with E-state index in [4.69, 9.17) is 5.11 Å². The van der Waals surface area contributed by atoms with Crippen molar-refractivity contribution < 1.29 is 19.5 Å². The van der Waals surface area contributed by atoms with Crippen molar-refractivity contribution in [2.45, 2.75) is 38.1 Å². The Labute approximate surface area is 133 Å². The summed E-state index contributed by atoms with van der Waals surface area (Å²) in [6.07, 6.45) is 8.92. The molecule has 0 unspecified atom stereocenters. The van der Waals surface area contributed by atoms with Crippen LogP contribution in [0.4, 0.5) is 0 Å². The van der Waals surface area contributed by atoms with Crippen molar-refractivity contribution in [1.29, 1.82) is 0 Å². The fraction of sp³-hybridized carbons (Fsp3) is 0.533. The summed E-state index contributed by atoms with van der Waals surface area (Å²) in [6, 6.07) is -0.760. The van der Waals surface area contributed by atoms with E-state index in [1.165, 1.54) is 18.6 Å². The molecule has 1 aliphatic carbocycles. The van der Waals surface area contributed by atoms with Crippen LogP contribution >= 0.6 is 0 Å². The molecule has 1 aromatic heterocycles. The predicted molar refractivity (Wildman–Crippen MR) is 80.5 cm³/mol. The molecule has 2 amide bonds. The van der Waals surface area contributed by atoms with Crippen LogP contribution in [0.1, 0.15) is 42.6 Å². The van der Waals surface area contributed by atoms with Crippen LogP contribution in [0.2, 0.25) is 0 Å². The van der Waals surface area contributed by atoms with E-state index >= 15 is 0 Å². The van der Waals surface area contributed by atoms with Gasteiger partial charge in [-0.1, -0.05) is 19.3 Å². The highest BCUT2D eigenvalue weighted by Gasteiger charge is 2.31. The van der Waals surface area contributed by atoms with E-state index in [1.807, 2.05) is 0 Å². The molecule has 0 aliphatic heterocycles. The normalized spacial score (nSPS) is 16.3. The molecule has 0 spiro atoms. The fourth-order valence-corrected chi connectivity index (χ4v) is 2.77. The highest BCUT2D eigenvalue weighted by Crippen LogP contribution is 2.26. The van der Waals surface area contributed by atoms with Crippen molar-refractivity contribution in [2.24, 2.45) is 5.92 Å². The third kappa shape index (κ3) is 5.01. The van der Waals surface area contributed by atoms with Gasteiger partial charge in [-0.3, -0.25) is 19.4 Å². The van der Waals surface area contributed by atoms with Gasteiger partial charge in [-0.15, -0.1) is 0 Å². The number of aliphatic carboxylic acids is 1. The molecule has 3 N–H and O–H groups in total. The van der Waals surface area contributed by atoms with Gasteiger partial charge in [0.15, 0.2) is 0 Å². The zero-order valence-electron chi connectivity index (χ0n) is 12.7. The lowest BCUT2D eigenvalue weighted by atomic mass is 9.83. The van der Waals surface area contributed by atoms with Gasteiger partial charge in [-0.2, -0.15) is 0 Å². The Kier molecular flexibility index (Phi) is 6.02. The first-order valence-corrected chi connectivity index (χ1v) is 7.64. The van der Waals surface area contributed by atoms with Gasteiger partial charge < -0.3 is 15.7 Å². The van der Waals surface area contributed by atoms with Gasteiger partial charge in [-0.05, 0) is 18.8 Å². The van der Waals surface area contributed by atoms with Crippen LogP contribution in [-0.2, 0) is 9.59 Å². The second kappa shape index (κ2) is 8.21. The lowest BCUT2D eigenvalue weighted by Crippen LogP contribution is -2.52. The molecule has 1 aromatic rings. The van der Waals surface area contributed by atoms with E-state index < -0.39 is 30.4 Å². The molecule has 1 aliphatic rings. The molecule has 8 nitrogen and oxygen atoms in total. The van der Waals surface area contributed by atoms with Gasteiger partial charge in [0.1, 0.15) is 18.3 Å². The van der Waals surface area contributed by atoms with Crippen molar-refractivity contribution >= 4 is 17.8 Å². The number of carboxylic acid groups (broad SMARTS) is 1. The Balaban J connectivity index is 2.07. The molecule has 124 valence electrons. The summed E-state index contributed by atoms with van der Waals surface area (Å²) in [5.41, 5.74) is 0.124. The zero-order valence-corrected chi connectivity index (χ0v) is 12.7. The van der Waals surface area contributed by atoms with Crippen LogP contribution in [0.3, 0.4) is 0 Å². The summed E-state index contributed by atoms with van der Waals surface area (Å²) in [5.74, 6) is -2.09. The predicted octanol–water partition coefficient (Wildman–Crippen LogP) is 0.356. The summed E-state index contributed by atoms with van der Waals surface area (Å²) in [5, 5.41) is 13.7. The van der Waals surface area contributed by atoms with Crippen LogP contribution in [0, 0.1) is 5.92 Å². The Hall–Kier alpha value is -2.51. The molecule has 0 radical (unpaired) electrons. The molecule has 0 saturated heterocycles. The average Bonchev–Trinajstić information content (AvgIpc) is 2.59. The number of aromatic nitrogens is 2. The Morgan fingerprint density at radius 2 is 1.96 bits per heavy atom. The maximum Gasteiger partial charge on any atom is 0.322 e. The minimum atomic E-state index is -1.12. The number of rotatable bonds is 6. The van der Waals surface area contributed by atoms with Gasteiger partial charge >= 0.3 is 5.97 Å². The Bertz CT molecular complexity index is 558. The van der Waals surface area contributed by atoms with Gasteiger partial charge in [0.05, 0.1) is 6.20 Å².